The number of amides is 2. The number of piperidine rings is 2. The van der Waals surface area contributed by atoms with Crippen molar-refractivity contribution in [2.75, 3.05) is 18.4 Å². The van der Waals surface area contributed by atoms with E-state index in [4.69, 9.17) is 27.9 Å². The first-order valence-electron chi connectivity index (χ1n) is 14.0. The maximum absolute atomic E-state index is 13.4. The zero-order valence-electron chi connectivity index (χ0n) is 23.2. The van der Waals surface area contributed by atoms with Crippen LogP contribution in [0, 0.1) is 6.92 Å². The quantitative estimate of drug-likeness (QED) is 0.311. The zero-order chi connectivity index (χ0) is 28.7. The molecule has 2 saturated heterocycles. The maximum atomic E-state index is 13.4. The van der Waals surface area contributed by atoms with Crippen LogP contribution in [0.2, 0.25) is 10.0 Å². The lowest BCUT2D eigenvalue weighted by molar-refractivity contribution is -0.130. The van der Waals surface area contributed by atoms with E-state index in [1.54, 1.807) is 12.1 Å². The molecule has 0 aromatic heterocycles. The monoisotopic (exact) mass is 581 g/mol. The lowest BCUT2D eigenvalue weighted by atomic mass is 9.67. The Morgan fingerprint density at radius 2 is 1.62 bits per heavy atom. The summed E-state index contributed by atoms with van der Waals surface area (Å²) in [6.45, 7) is 7.86. The first kappa shape index (κ1) is 29.9. The highest BCUT2D eigenvalue weighted by Gasteiger charge is 2.56. The summed E-state index contributed by atoms with van der Waals surface area (Å²) in [5.74, 6) is 0.573. The van der Waals surface area contributed by atoms with Crippen molar-refractivity contribution in [3.05, 3.63) is 93.5 Å². The Balaban J connectivity index is 0.000000355. The molecule has 3 aliphatic rings. The SMILES string of the molecule is CC.Cc1ccc(OC2CCNCC2)c([C@H]2NC(=O)CC[C@]23C(=O)Nc2cc(Cl)ccc23)c1.Clc1ccccc1. The molecule has 2 amide bonds. The summed E-state index contributed by atoms with van der Waals surface area (Å²) < 4.78 is 6.43. The van der Waals surface area contributed by atoms with E-state index >= 15 is 0 Å². The lowest BCUT2D eigenvalue weighted by Crippen LogP contribution is -2.52. The molecule has 0 aliphatic carbocycles. The van der Waals surface area contributed by atoms with E-state index in [1.165, 1.54) is 0 Å². The molecule has 0 bridgehead atoms. The average Bonchev–Trinajstić information content (AvgIpc) is 3.23. The number of fused-ring (bicyclic) bond motifs is 2. The standard InChI is InChI=1S/C24H26ClN3O3.C6H5Cl.C2H6/c1-14-2-5-20(31-16-7-10-26-11-8-16)17(12-14)22-24(9-6-21(29)28-22)18-4-3-15(25)13-19(18)27-23(24)30;7-6-4-2-1-3-5-6;1-2/h2-5,12-13,16,22,26H,6-11H2,1H3,(H,27,30)(H,28,29);1-5H;1-2H3/t22-,24-;;/m1../s1. The summed E-state index contributed by atoms with van der Waals surface area (Å²) in [7, 11) is 0. The molecule has 3 aliphatic heterocycles. The number of hydrogen-bond acceptors (Lipinski definition) is 4. The molecule has 3 N–H and O–H groups in total. The smallest absolute Gasteiger partial charge is 0.237 e. The van der Waals surface area contributed by atoms with Gasteiger partial charge in [0, 0.05) is 27.7 Å². The normalized spacial score (nSPS) is 21.7. The van der Waals surface area contributed by atoms with Crippen molar-refractivity contribution >= 4 is 40.7 Å². The Morgan fingerprint density at radius 1 is 0.900 bits per heavy atom. The summed E-state index contributed by atoms with van der Waals surface area (Å²) in [5, 5.41) is 10.9. The second kappa shape index (κ2) is 13.5. The van der Waals surface area contributed by atoms with Gasteiger partial charge in [0.1, 0.15) is 17.3 Å². The minimum Gasteiger partial charge on any atom is -0.490 e. The molecule has 6 nitrogen and oxygen atoms in total. The van der Waals surface area contributed by atoms with Gasteiger partial charge in [-0.15, -0.1) is 0 Å². The summed E-state index contributed by atoms with van der Waals surface area (Å²) in [4.78, 5) is 26.0. The van der Waals surface area contributed by atoms with Gasteiger partial charge >= 0.3 is 0 Å². The number of carbonyl (C=O) groups excluding carboxylic acids is 2. The second-order valence-electron chi connectivity index (χ2n) is 10.0. The van der Waals surface area contributed by atoms with Gasteiger partial charge in [0.05, 0.1) is 6.04 Å². The van der Waals surface area contributed by atoms with Crippen molar-refractivity contribution < 1.29 is 14.3 Å². The second-order valence-corrected chi connectivity index (χ2v) is 10.9. The number of benzene rings is 3. The van der Waals surface area contributed by atoms with Gasteiger partial charge in [-0.2, -0.15) is 0 Å². The molecule has 2 fully saturated rings. The van der Waals surface area contributed by atoms with Crippen LogP contribution in [0.4, 0.5) is 5.69 Å². The highest BCUT2D eigenvalue weighted by Crippen LogP contribution is 2.52. The maximum Gasteiger partial charge on any atom is 0.237 e. The summed E-state index contributed by atoms with van der Waals surface area (Å²) in [6, 6.07) is 20.4. The highest BCUT2D eigenvalue weighted by atomic mass is 35.5. The van der Waals surface area contributed by atoms with Gasteiger partial charge < -0.3 is 20.7 Å². The van der Waals surface area contributed by atoms with Crippen LogP contribution in [0.25, 0.3) is 0 Å². The van der Waals surface area contributed by atoms with Crippen LogP contribution in [0.3, 0.4) is 0 Å². The van der Waals surface area contributed by atoms with E-state index in [-0.39, 0.29) is 17.9 Å². The van der Waals surface area contributed by atoms with E-state index in [0.717, 1.165) is 53.4 Å². The molecular weight excluding hydrogens is 545 g/mol. The molecular formula is C32H37Cl2N3O3. The van der Waals surface area contributed by atoms with Crippen molar-refractivity contribution in [1.82, 2.24) is 10.6 Å². The molecule has 40 heavy (non-hydrogen) atoms. The van der Waals surface area contributed by atoms with Gasteiger partial charge in [0.25, 0.3) is 0 Å². The summed E-state index contributed by atoms with van der Waals surface area (Å²) in [5.41, 5.74) is 2.60. The molecule has 6 rings (SSSR count). The number of aryl methyl sites for hydroxylation is 1. The third kappa shape index (κ3) is 6.46. The van der Waals surface area contributed by atoms with Gasteiger partial charge in [-0.1, -0.05) is 79.0 Å². The third-order valence-electron chi connectivity index (χ3n) is 7.45. The third-order valence-corrected chi connectivity index (χ3v) is 7.94. The van der Waals surface area contributed by atoms with E-state index in [1.807, 2.05) is 75.4 Å². The van der Waals surface area contributed by atoms with Crippen molar-refractivity contribution in [3.8, 4) is 5.75 Å². The lowest BCUT2D eigenvalue weighted by Gasteiger charge is -2.41. The first-order chi connectivity index (χ1) is 19.4. The van der Waals surface area contributed by atoms with E-state index in [2.05, 4.69) is 16.0 Å². The summed E-state index contributed by atoms with van der Waals surface area (Å²) >= 11 is 11.7. The average molecular weight is 583 g/mol. The number of halogens is 2. The number of rotatable bonds is 3. The van der Waals surface area contributed by atoms with E-state index in [9.17, 15) is 9.59 Å². The minimum atomic E-state index is -0.895. The fourth-order valence-electron chi connectivity index (χ4n) is 5.56. The van der Waals surface area contributed by atoms with Crippen LogP contribution < -0.4 is 20.7 Å². The van der Waals surface area contributed by atoms with Gasteiger partial charge in [-0.25, -0.2) is 0 Å². The Hall–Kier alpha value is -3.06. The molecule has 1 spiro atoms. The Morgan fingerprint density at radius 3 is 2.30 bits per heavy atom. The van der Waals surface area contributed by atoms with Crippen LogP contribution in [-0.2, 0) is 15.0 Å². The molecule has 8 heteroatoms. The number of nitrogens with one attached hydrogen (secondary N) is 3. The fourth-order valence-corrected chi connectivity index (χ4v) is 5.88. The van der Waals surface area contributed by atoms with Crippen molar-refractivity contribution in [2.24, 2.45) is 0 Å². The van der Waals surface area contributed by atoms with E-state index in [0.29, 0.717) is 23.6 Å². The Bertz CT molecular complexity index is 1330. The van der Waals surface area contributed by atoms with Crippen molar-refractivity contribution in [1.29, 1.82) is 0 Å². The van der Waals surface area contributed by atoms with Crippen LogP contribution >= 0.6 is 23.2 Å². The number of anilines is 1. The largest absolute Gasteiger partial charge is 0.490 e. The Labute approximate surface area is 246 Å². The van der Waals surface area contributed by atoms with Gasteiger partial charge in [-0.05, 0) is 75.2 Å². The molecule has 212 valence electrons. The van der Waals surface area contributed by atoms with Gasteiger partial charge in [-0.3, -0.25) is 9.59 Å². The number of ether oxygens (including phenoxy) is 1. The van der Waals surface area contributed by atoms with Gasteiger partial charge in [0.15, 0.2) is 0 Å². The number of carbonyl (C=O) groups is 2. The minimum absolute atomic E-state index is 0.0554. The highest BCUT2D eigenvalue weighted by molar-refractivity contribution is 6.31. The molecule has 0 unspecified atom stereocenters. The molecule has 2 atom stereocenters. The van der Waals surface area contributed by atoms with Crippen LogP contribution in [0.1, 0.15) is 62.3 Å². The number of hydrogen-bond donors (Lipinski definition) is 3. The predicted octanol–water partition coefficient (Wildman–Crippen LogP) is 6.99. The first-order valence-corrected chi connectivity index (χ1v) is 14.7. The van der Waals surface area contributed by atoms with E-state index < -0.39 is 11.5 Å². The molecule has 0 saturated carbocycles. The molecule has 3 heterocycles. The molecule has 3 aromatic rings. The molecule has 3 aromatic carbocycles. The van der Waals surface area contributed by atoms with Gasteiger partial charge in [0.2, 0.25) is 11.8 Å². The van der Waals surface area contributed by atoms with Crippen molar-refractivity contribution in [3.63, 3.8) is 0 Å². The zero-order valence-corrected chi connectivity index (χ0v) is 24.7. The summed E-state index contributed by atoms with van der Waals surface area (Å²) in [6.07, 6.45) is 2.70. The predicted molar refractivity (Wildman–Crippen MR) is 162 cm³/mol. The van der Waals surface area contributed by atoms with Crippen LogP contribution in [-0.4, -0.2) is 31.0 Å². The Kier molecular flexibility index (Phi) is 10.1. The fraction of sp³-hybridized carbons (Fsp3) is 0.375. The van der Waals surface area contributed by atoms with Crippen LogP contribution in [0.15, 0.2) is 66.7 Å². The topological polar surface area (TPSA) is 79.5 Å². The van der Waals surface area contributed by atoms with Crippen molar-refractivity contribution in [2.45, 2.75) is 64.0 Å². The van der Waals surface area contributed by atoms with Crippen LogP contribution in [0.5, 0.6) is 5.75 Å². The molecule has 0 radical (unpaired) electrons.